The molecule has 0 radical (unpaired) electrons. The van der Waals surface area contributed by atoms with Crippen molar-refractivity contribution in [3.63, 3.8) is 0 Å². The van der Waals surface area contributed by atoms with Crippen molar-refractivity contribution in [3.05, 3.63) is 12.2 Å². The summed E-state index contributed by atoms with van der Waals surface area (Å²) in [7, 11) is 0. The Morgan fingerprint density at radius 1 is 1.00 bits per heavy atom. The molecule has 1 rings (SSSR count). The van der Waals surface area contributed by atoms with Crippen molar-refractivity contribution >= 4 is 0 Å². The number of hydrogen-bond acceptors (Lipinski definition) is 2. The molecule has 1 aliphatic rings. The lowest BCUT2D eigenvalue weighted by molar-refractivity contribution is -0.182. The van der Waals surface area contributed by atoms with Crippen LogP contribution < -0.4 is 0 Å². The molecule has 0 amide bonds. The lowest BCUT2D eigenvalue weighted by Crippen LogP contribution is -2.46. The molecule has 1 aliphatic heterocycles. The predicted molar refractivity (Wildman–Crippen MR) is 40.9 cm³/mol. The molecule has 2 nitrogen and oxygen atoms in total. The molecule has 1 heterocycles. The quantitative estimate of drug-likeness (QED) is 0.520. The van der Waals surface area contributed by atoms with E-state index in [-0.39, 0.29) is 11.1 Å². The molecule has 0 spiro atoms. The van der Waals surface area contributed by atoms with E-state index in [1.165, 1.54) is 5.06 Å². The summed E-state index contributed by atoms with van der Waals surface area (Å²) in [6, 6.07) is 0. The van der Waals surface area contributed by atoms with Crippen LogP contribution in [0.1, 0.15) is 27.7 Å². The lowest BCUT2D eigenvalue weighted by Gasteiger charge is -2.34. The lowest BCUT2D eigenvalue weighted by atomic mass is 10.1. The van der Waals surface area contributed by atoms with E-state index in [2.05, 4.69) is 0 Å². The third-order valence-electron chi connectivity index (χ3n) is 1.99. The van der Waals surface area contributed by atoms with Crippen LogP contribution in [0.25, 0.3) is 0 Å². The Bertz CT molecular complexity index is 152. The summed E-state index contributed by atoms with van der Waals surface area (Å²) in [4.78, 5) is 0. The Hall–Kier alpha value is -0.340. The Labute approximate surface area is 62.1 Å². The van der Waals surface area contributed by atoms with Gasteiger partial charge in [-0.25, -0.2) is 0 Å². The Kier molecular flexibility index (Phi) is 1.42. The second kappa shape index (κ2) is 1.83. The molecular weight excluding hydrogens is 126 g/mol. The average molecular weight is 141 g/mol. The van der Waals surface area contributed by atoms with E-state index < -0.39 is 0 Å². The summed E-state index contributed by atoms with van der Waals surface area (Å²) in [5, 5.41) is 10.9. The van der Waals surface area contributed by atoms with Gasteiger partial charge in [0.25, 0.3) is 0 Å². The molecule has 0 aliphatic carbocycles. The topological polar surface area (TPSA) is 23.5 Å². The molecule has 1 N–H and O–H groups in total. The normalized spacial score (nSPS) is 29.3. The van der Waals surface area contributed by atoms with Crippen molar-refractivity contribution in [2.24, 2.45) is 0 Å². The van der Waals surface area contributed by atoms with E-state index in [0.29, 0.717) is 0 Å². The van der Waals surface area contributed by atoms with Gasteiger partial charge in [-0.3, -0.25) is 0 Å². The van der Waals surface area contributed by atoms with Crippen LogP contribution in [0.2, 0.25) is 0 Å². The molecule has 58 valence electrons. The molecule has 0 fully saturated rings. The van der Waals surface area contributed by atoms with Gasteiger partial charge in [-0.1, -0.05) is 12.2 Å². The van der Waals surface area contributed by atoms with E-state index in [4.69, 9.17) is 0 Å². The zero-order valence-electron chi connectivity index (χ0n) is 7.05. The molecule has 2 heteroatoms. The van der Waals surface area contributed by atoms with E-state index in [0.717, 1.165) is 0 Å². The van der Waals surface area contributed by atoms with Gasteiger partial charge in [-0.15, -0.1) is 0 Å². The molecule has 0 aromatic rings. The Morgan fingerprint density at radius 3 is 1.40 bits per heavy atom. The summed E-state index contributed by atoms with van der Waals surface area (Å²) in [6.45, 7) is 7.94. The van der Waals surface area contributed by atoms with Crippen LogP contribution in [0, 0.1) is 0 Å². The van der Waals surface area contributed by atoms with Gasteiger partial charge in [-0.05, 0) is 27.7 Å². The van der Waals surface area contributed by atoms with Crippen molar-refractivity contribution in [3.8, 4) is 0 Å². The first-order valence-electron chi connectivity index (χ1n) is 3.56. The summed E-state index contributed by atoms with van der Waals surface area (Å²) in [6.07, 6.45) is 4.04. The van der Waals surface area contributed by atoms with Crippen molar-refractivity contribution < 1.29 is 5.21 Å². The summed E-state index contributed by atoms with van der Waals surface area (Å²) >= 11 is 0. The Balaban J connectivity index is 2.88. The molecule has 0 atom stereocenters. The molecular formula is C8H15NO. The first-order valence-corrected chi connectivity index (χ1v) is 3.56. The largest absolute Gasteiger partial charge is 0.312 e. The highest BCUT2D eigenvalue weighted by atomic mass is 16.5. The SMILES string of the molecule is CC1(C)C=CC(C)(C)N1O. The van der Waals surface area contributed by atoms with Gasteiger partial charge in [0, 0.05) is 0 Å². The van der Waals surface area contributed by atoms with Crippen LogP contribution in [0.4, 0.5) is 0 Å². The van der Waals surface area contributed by atoms with Crippen molar-refractivity contribution in [2.45, 2.75) is 38.8 Å². The van der Waals surface area contributed by atoms with Crippen LogP contribution in [0.5, 0.6) is 0 Å². The van der Waals surface area contributed by atoms with Crippen LogP contribution in [-0.2, 0) is 0 Å². The second-order valence-corrected chi connectivity index (χ2v) is 3.95. The zero-order valence-corrected chi connectivity index (χ0v) is 7.05. The maximum Gasteiger partial charge on any atom is 0.0593 e. The minimum atomic E-state index is -0.205. The molecule has 0 unspecified atom stereocenters. The molecule has 0 saturated carbocycles. The van der Waals surface area contributed by atoms with Crippen LogP contribution in [0.15, 0.2) is 12.2 Å². The van der Waals surface area contributed by atoms with E-state index >= 15 is 0 Å². The van der Waals surface area contributed by atoms with Gasteiger partial charge in [-0.2, -0.15) is 5.06 Å². The van der Waals surface area contributed by atoms with E-state index in [1.54, 1.807) is 0 Å². The fourth-order valence-electron chi connectivity index (χ4n) is 1.29. The maximum absolute atomic E-state index is 9.56. The first kappa shape index (κ1) is 7.76. The van der Waals surface area contributed by atoms with Gasteiger partial charge >= 0.3 is 0 Å². The standard InChI is InChI=1S/C8H15NO/c1-7(2)5-6-8(3,4)9(7)10/h5-6,10H,1-4H3. The van der Waals surface area contributed by atoms with Gasteiger partial charge < -0.3 is 5.21 Å². The van der Waals surface area contributed by atoms with E-state index in [1.807, 2.05) is 39.8 Å². The predicted octanol–water partition coefficient (Wildman–Crippen LogP) is 1.80. The average Bonchev–Trinajstić information content (AvgIpc) is 1.95. The molecule has 0 aromatic heterocycles. The highest BCUT2D eigenvalue weighted by molar-refractivity contribution is 5.18. The molecule has 0 bridgehead atoms. The van der Waals surface area contributed by atoms with Gasteiger partial charge in [0.2, 0.25) is 0 Å². The van der Waals surface area contributed by atoms with Gasteiger partial charge in [0.05, 0.1) is 11.1 Å². The fraction of sp³-hybridized carbons (Fsp3) is 0.750. The molecule has 0 aromatic carbocycles. The second-order valence-electron chi connectivity index (χ2n) is 3.95. The number of rotatable bonds is 0. The monoisotopic (exact) mass is 141 g/mol. The third kappa shape index (κ3) is 0.976. The third-order valence-corrected chi connectivity index (χ3v) is 1.99. The minimum absolute atomic E-state index is 0.205. The summed E-state index contributed by atoms with van der Waals surface area (Å²) < 4.78 is 0. The van der Waals surface area contributed by atoms with E-state index in [9.17, 15) is 5.21 Å². The maximum atomic E-state index is 9.56. The highest BCUT2D eigenvalue weighted by Crippen LogP contribution is 2.31. The summed E-state index contributed by atoms with van der Waals surface area (Å²) in [5.41, 5.74) is -0.410. The van der Waals surface area contributed by atoms with Crippen LogP contribution >= 0.6 is 0 Å². The number of hydrogen-bond donors (Lipinski definition) is 1. The van der Waals surface area contributed by atoms with Gasteiger partial charge in [0.1, 0.15) is 0 Å². The fourth-order valence-corrected chi connectivity index (χ4v) is 1.29. The highest BCUT2D eigenvalue weighted by Gasteiger charge is 2.38. The van der Waals surface area contributed by atoms with Crippen molar-refractivity contribution in [1.82, 2.24) is 5.06 Å². The molecule has 10 heavy (non-hydrogen) atoms. The zero-order chi connectivity index (χ0) is 7.99. The Morgan fingerprint density at radius 2 is 1.30 bits per heavy atom. The number of hydroxylamine groups is 2. The smallest absolute Gasteiger partial charge is 0.0593 e. The van der Waals surface area contributed by atoms with Crippen molar-refractivity contribution in [2.75, 3.05) is 0 Å². The first-order chi connectivity index (χ1) is 4.36. The van der Waals surface area contributed by atoms with Crippen molar-refractivity contribution in [1.29, 1.82) is 0 Å². The molecule has 0 saturated heterocycles. The van der Waals surface area contributed by atoms with Gasteiger partial charge in [0.15, 0.2) is 0 Å². The van der Waals surface area contributed by atoms with Crippen LogP contribution in [0.3, 0.4) is 0 Å². The summed E-state index contributed by atoms with van der Waals surface area (Å²) in [5.74, 6) is 0. The van der Waals surface area contributed by atoms with Crippen LogP contribution in [-0.4, -0.2) is 21.3 Å². The number of nitrogens with zero attached hydrogens (tertiary/aromatic N) is 1. The minimum Gasteiger partial charge on any atom is -0.312 e.